The molecule has 1 aliphatic rings. The van der Waals surface area contributed by atoms with Gasteiger partial charge in [-0.3, -0.25) is 4.79 Å². The molecule has 0 radical (unpaired) electrons. The van der Waals surface area contributed by atoms with Crippen molar-refractivity contribution in [1.29, 1.82) is 0 Å². The Morgan fingerprint density at radius 1 is 1.08 bits per heavy atom. The van der Waals surface area contributed by atoms with Crippen molar-refractivity contribution in [3.8, 4) is 0 Å². The molecule has 0 aliphatic carbocycles. The molecule has 3 rings (SSSR count). The van der Waals surface area contributed by atoms with E-state index >= 15 is 0 Å². The minimum absolute atomic E-state index is 0.0283. The van der Waals surface area contributed by atoms with Crippen molar-refractivity contribution in [2.75, 3.05) is 13.1 Å². The third kappa shape index (κ3) is 3.35. The minimum Gasteiger partial charge on any atom is -0.367 e. The van der Waals surface area contributed by atoms with Crippen LogP contribution < -0.4 is 5.73 Å². The number of morpholine rings is 1. The van der Waals surface area contributed by atoms with Crippen LogP contribution in [0.2, 0.25) is 0 Å². The summed E-state index contributed by atoms with van der Waals surface area (Å²) in [7, 11) is 0. The topological polar surface area (TPSA) is 55.6 Å². The molecule has 1 fully saturated rings. The van der Waals surface area contributed by atoms with E-state index in [-0.39, 0.29) is 18.1 Å². The first-order valence-corrected chi connectivity index (χ1v) is 8.32. The Kier molecular flexibility index (Phi) is 4.69. The zero-order valence-corrected chi connectivity index (χ0v) is 14.2. The van der Waals surface area contributed by atoms with E-state index < -0.39 is 5.54 Å². The van der Waals surface area contributed by atoms with E-state index in [1.807, 2.05) is 72.5 Å². The fourth-order valence-corrected chi connectivity index (χ4v) is 3.21. The summed E-state index contributed by atoms with van der Waals surface area (Å²) in [4.78, 5) is 14.9. The number of nitrogens with two attached hydrogens (primary N) is 1. The second-order valence-electron chi connectivity index (χ2n) is 6.62. The first-order valence-electron chi connectivity index (χ1n) is 8.32. The molecule has 24 heavy (non-hydrogen) atoms. The molecular weight excluding hydrogens is 300 g/mol. The van der Waals surface area contributed by atoms with Crippen molar-refractivity contribution >= 4 is 5.91 Å². The van der Waals surface area contributed by atoms with Gasteiger partial charge in [-0.1, -0.05) is 60.7 Å². The number of hydrogen-bond donors (Lipinski definition) is 1. The lowest BCUT2D eigenvalue weighted by Crippen LogP contribution is -2.55. The molecule has 1 saturated heterocycles. The summed E-state index contributed by atoms with van der Waals surface area (Å²) in [6, 6.07) is 19.5. The predicted molar refractivity (Wildman–Crippen MR) is 94.3 cm³/mol. The van der Waals surface area contributed by atoms with Crippen LogP contribution in [0.5, 0.6) is 0 Å². The number of nitrogens with zero attached hydrogens (tertiary/aromatic N) is 1. The van der Waals surface area contributed by atoms with Gasteiger partial charge < -0.3 is 15.4 Å². The molecule has 0 aromatic heterocycles. The molecular formula is C20H24N2O2. The number of rotatable bonds is 3. The lowest BCUT2D eigenvalue weighted by atomic mass is 9.91. The molecule has 3 atom stereocenters. The molecule has 2 aromatic rings. The molecule has 126 valence electrons. The Balaban J connectivity index is 1.81. The van der Waals surface area contributed by atoms with Crippen molar-refractivity contribution in [3.63, 3.8) is 0 Å². The third-order valence-corrected chi connectivity index (χ3v) is 4.54. The standard InChI is InChI=1S/C20H24N2O2/c1-15-13-22(14-18(24-15)16-9-5-3-6-10-16)19(23)20(2,21)17-11-7-4-8-12-17/h3-12,15,18H,13-14,21H2,1-2H3. The quantitative estimate of drug-likeness (QED) is 0.944. The molecule has 1 heterocycles. The Morgan fingerprint density at radius 2 is 1.67 bits per heavy atom. The summed E-state index contributed by atoms with van der Waals surface area (Å²) in [5.41, 5.74) is 7.28. The van der Waals surface area contributed by atoms with Crippen LogP contribution in [0, 0.1) is 0 Å². The average molecular weight is 324 g/mol. The summed E-state index contributed by atoms with van der Waals surface area (Å²) < 4.78 is 6.04. The lowest BCUT2D eigenvalue weighted by Gasteiger charge is -2.40. The van der Waals surface area contributed by atoms with Crippen LogP contribution in [0.15, 0.2) is 60.7 Å². The largest absolute Gasteiger partial charge is 0.367 e. The molecule has 0 saturated carbocycles. The summed E-state index contributed by atoms with van der Waals surface area (Å²) in [6.07, 6.45) is -0.148. The number of hydrogen-bond acceptors (Lipinski definition) is 3. The molecule has 4 nitrogen and oxygen atoms in total. The van der Waals surface area contributed by atoms with Crippen LogP contribution in [-0.2, 0) is 15.1 Å². The summed E-state index contributed by atoms with van der Waals surface area (Å²) >= 11 is 0. The third-order valence-electron chi connectivity index (χ3n) is 4.54. The Labute approximate surface area is 143 Å². The van der Waals surface area contributed by atoms with Gasteiger partial charge in [0.15, 0.2) is 0 Å². The zero-order valence-electron chi connectivity index (χ0n) is 14.2. The normalized spacial score (nSPS) is 23.5. The fraction of sp³-hybridized carbons (Fsp3) is 0.350. The summed E-state index contributed by atoms with van der Waals surface area (Å²) in [6.45, 7) is 4.85. The highest BCUT2D eigenvalue weighted by molar-refractivity contribution is 5.87. The average Bonchev–Trinajstić information content (AvgIpc) is 2.62. The van der Waals surface area contributed by atoms with E-state index in [2.05, 4.69) is 0 Å². The second kappa shape index (κ2) is 6.75. The molecule has 1 amide bonds. The van der Waals surface area contributed by atoms with E-state index in [9.17, 15) is 4.79 Å². The van der Waals surface area contributed by atoms with E-state index in [0.717, 1.165) is 11.1 Å². The highest BCUT2D eigenvalue weighted by atomic mass is 16.5. The van der Waals surface area contributed by atoms with Gasteiger partial charge in [0.1, 0.15) is 11.6 Å². The highest BCUT2D eigenvalue weighted by Gasteiger charge is 2.38. The van der Waals surface area contributed by atoms with Crippen LogP contribution >= 0.6 is 0 Å². The molecule has 0 bridgehead atoms. The fourth-order valence-electron chi connectivity index (χ4n) is 3.21. The first-order chi connectivity index (χ1) is 11.5. The van der Waals surface area contributed by atoms with Crippen LogP contribution in [0.25, 0.3) is 0 Å². The zero-order chi connectivity index (χ0) is 17.2. The van der Waals surface area contributed by atoms with Crippen molar-refractivity contribution in [2.24, 2.45) is 5.73 Å². The van der Waals surface area contributed by atoms with Gasteiger partial charge >= 0.3 is 0 Å². The van der Waals surface area contributed by atoms with Crippen molar-refractivity contribution in [1.82, 2.24) is 4.90 Å². The smallest absolute Gasteiger partial charge is 0.247 e. The molecule has 2 N–H and O–H groups in total. The van der Waals surface area contributed by atoms with Crippen LogP contribution in [0.4, 0.5) is 0 Å². The molecule has 0 spiro atoms. The van der Waals surface area contributed by atoms with Crippen molar-refractivity contribution in [3.05, 3.63) is 71.8 Å². The maximum atomic E-state index is 13.1. The highest BCUT2D eigenvalue weighted by Crippen LogP contribution is 2.28. The number of carbonyl (C=O) groups excluding carboxylic acids is 1. The number of benzene rings is 2. The van der Waals surface area contributed by atoms with Gasteiger partial charge in [-0.25, -0.2) is 0 Å². The minimum atomic E-state index is -1.04. The molecule has 3 unspecified atom stereocenters. The van der Waals surface area contributed by atoms with Gasteiger partial charge in [0.05, 0.1) is 12.6 Å². The van der Waals surface area contributed by atoms with Gasteiger partial charge in [0.25, 0.3) is 0 Å². The second-order valence-corrected chi connectivity index (χ2v) is 6.62. The van der Waals surface area contributed by atoms with Crippen LogP contribution in [0.3, 0.4) is 0 Å². The van der Waals surface area contributed by atoms with E-state index in [1.54, 1.807) is 6.92 Å². The SMILES string of the molecule is CC1CN(C(=O)C(C)(N)c2ccccc2)CC(c2ccccc2)O1. The number of carbonyl (C=O) groups is 1. The maximum absolute atomic E-state index is 13.1. The number of amides is 1. The summed E-state index contributed by atoms with van der Waals surface area (Å²) in [5, 5.41) is 0. The van der Waals surface area contributed by atoms with Crippen molar-refractivity contribution < 1.29 is 9.53 Å². The molecule has 2 aromatic carbocycles. The van der Waals surface area contributed by atoms with E-state index in [4.69, 9.17) is 10.5 Å². The molecule has 4 heteroatoms. The summed E-state index contributed by atoms with van der Waals surface area (Å²) in [5.74, 6) is -0.0650. The van der Waals surface area contributed by atoms with Gasteiger partial charge in [0, 0.05) is 6.54 Å². The van der Waals surface area contributed by atoms with E-state index in [0.29, 0.717) is 13.1 Å². The first kappa shape index (κ1) is 16.7. The predicted octanol–water partition coefficient (Wildman–Crippen LogP) is 2.85. The number of ether oxygens (including phenoxy) is 1. The van der Waals surface area contributed by atoms with Gasteiger partial charge in [-0.15, -0.1) is 0 Å². The van der Waals surface area contributed by atoms with E-state index in [1.165, 1.54) is 0 Å². The van der Waals surface area contributed by atoms with Crippen LogP contribution in [-0.4, -0.2) is 30.0 Å². The maximum Gasteiger partial charge on any atom is 0.247 e. The van der Waals surface area contributed by atoms with Gasteiger partial charge in [0.2, 0.25) is 5.91 Å². The van der Waals surface area contributed by atoms with Crippen molar-refractivity contribution in [2.45, 2.75) is 31.6 Å². The Hall–Kier alpha value is -2.17. The Morgan fingerprint density at radius 3 is 2.29 bits per heavy atom. The van der Waals surface area contributed by atoms with Crippen LogP contribution in [0.1, 0.15) is 31.1 Å². The van der Waals surface area contributed by atoms with Gasteiger partial charge in [-0.2, -0.15) is 0 Å². The van der Waals surface area contributed by atoms with Gasteiger partial charge in [-0.05, 0) is 25.0 Å². The Bertz CT molecular complexity index is 685. The molecule has 1 aliphatic heterocycles. The lowest BCUT2D eigenvalue weighted by molar-refractivity contribution is -0.150. The monoisotopic (exact) mass is 324 g/mol.